The van der Waals surface area contributed by atoms with Crippen molar-refractivity contribution in [1.29, 1.82) is 0 Å². The van der Waals surface area contributed by atoms with Crippen LogP contribution in [0.1, 0.15) is 36.0 Å². The Balaban J connectivity index is 1.26. The molecule has 1 aliphatic carbocycles. The standard InChI is InChI=1S/C23H24F2N6O3/c1-28-21(33)31-6-3-16(10-18(31)27-28)30-7-8-34-17-9-15(11-26-19(17)30)20(32)29-5-2-4-22(14-29)12-23(24,25)13-22/h3,6,9-11H,2,4-5,7-8,12-14H2,1H3. The lowest BCUT2D eigenvalue weighted by Gasteiger charge is -2.52. The van der Waals surface area contributed by atoms with Crippen LogP contribution in [0.25, 0.3) is 5.65 Å². The van der Waals surface area contributed by atoms with Gasteiger partial charge >= 0.3 is 5.69 Å². The Labute approximate surface area is 193 Å². The summed E-state index contributed by atoms with van der Waals surface area (Å²) in [5, 5.41) is 4.24. The predicted octanol–water partition coefficient (Wildman–Crippen LogP) is 2.61. The van der Waals surface area contributed by atoms with Crippen molar-refractivity contribution >= 4 is 23.1 Å². The molecular formula is C23H24F2N6O3. The maximum Gasteiger partial charge on any atom is 0.350 e. The first-order valence-electron chi connectivity index (χ1n) is 11.4. The van der Waals surface area contributed by atoms with E-state index in [2.05, 4.69) is 10.1 Å². The summed E-state index contributed by atoms with van der Waals surface area (Å²) in [6.45, 7) is 1.85. The normalized spacial score (nSPS) is 20.7. The van der Waals surface area contributed by atoms with Gasteiger partial charge in [-0.05, 0) is 30.4 Å². The number of aryl methyl sites for hydroxylation is 1. The number of pyridine rings is 2. The molecule has 1 spiro atoms. The van der Waals surface area contributed by atoms with Gasteiger partial charge in [0.1, 0.15) is 6.61 Å². The van der Waals surface area contributed by atoms with Crippen LogP contribution in [-0.4, -0.2) is 62.1 Å². The monoisotopic (exact) mass is 470 g/mol. The van der Waals surface area contributed by atoms with E-state index < -0.39 is 11.3 Å². The molecule has 1 amide bonds. The zero-order valence-electron chi connectivity index (χ0n) is 18.7. The number of amides is 1. The van der Waals surface area contributed by atoms with Crippen molar-refractivity contribution in [3.63, 3.8) is 0 Å². The van der Waals surface area contributed by atoms with Gasteiger partial charge in [-0.2, -0.15) is 5.10 Å². The molecule has 2 fully saturated rings. The number of fused-ring (bicyclic) bond motifs is 2. The second kappa shape index (κ2) is 7.25. The van der Waals surface area contributed by atoms with E-state index >= 15 is 0 Å². The number of likely N-dealkylation sites (tertiary alicyclic amines) is 1. The summed E-state index contributed by atoms with van der Waals surface area (Å²) in [4.78, 5) is 33.4. The van der Waals surface area contributed by atoms with E-state index in [1.54, 1.807) is 30.3 Å². The highest BCUT2D eigenvalue weighted by Gasteiger charge is 2.57. The number of alkyl halides is 2. The molecule has 178 valence electrons. The van der Waals surface area contributed by atoms with Crippen molar-refractivity contribution in [3.8, 4) is 5.75 Å². The van der Waals surface area contributed by atoms with Gasteiger partial charge in [0.25, 0.3) is 5.91 Å². The average molecular weight is 470 g/mol. The highest BCUT2D eigenvalue weighted by molar-refractivity contribution is 5.95. The summed E-state index contributed by atoms with van der Waals surface area (Å²) < 4.78 is 35.6. The van der Waals surface area contributed by atoms with Crippen LogP contribution in [0.2, 0.25) is 0 Å². The fourth-order valence-corrected chi connectivity index (χ4v) is 5.60. The molecule has 3 aromatic heterocycles. The van der Waals surface area contributed by atoms with Crippen LogP contribution in [0, 0.1) is 5.41 Å². The zero-order valence-corrected chi connectivity index (χ0v) is 18.7. The van der Waals surface area contributed by atoms with E-state index in [1.807, 2.05) is 11.0 Å². The molecule has 0 atom stereocenters. The first-order chi connectivity index (χ1) is 16.2. The average Bonchev–Trinajstić information content (AvgIpc) is 3.09. The van der Waals surface area contributed by atoms with Crippen LogP contribution in [-0.2, 0) is 7.05 Å². The number of hydrogen-bond acceptors (Lipinski definition) is 6. The lowest BCUT2D eigenvalue weighted by Crippen LogP contribution is -2.56. The maximum atomic E-state index is 13.5. The predicted molar refractivity (Wildman–Crippen MR) is 119 cm³/mol. The Morgan fingerprint density at radius 2 is 2.03 bits per heavy atom. The molecule has 3 aliphatic rings. The van der Waals surface area contributed by atoms with E-state index in [-0.39, 0.29) is 24.4 Å². The molecule has 9 nitrogen and oxygen atoms in total. The zero-order chi connectivity index (χ0) is 23.7. The van der Waals surface area contributed by atoms with Gasteiger partial charge in [0.05, 0.1) is 12.1 Å². The number of nitrogens with zero attached hydrogens (tertiary/aromatic N) is 6. The molecule has 1 saturated heterocycles. The minimum Gasteiger partial charge on any atom is -0.488 e. The molecule has 3 aromatic rings. The molecule has 2 aliphatic heterocycles. The Morgan fingerprint density at radius 3 is 2.82 bits per heavy atom. The number of aromatic nitrogens is 4. The third kappa shape index (κ3) is 3.33. The van der Waals surface area contributed by atoms with Gasteiger partial charge in [-0.1, -0.05) is 0 Å². The molecule has 34 heavy (non-hydrogen) atoms. The number of rotatable bonds is 2. The molecule has 0 radical (unpaired) electrons. The number of hydrogen-bond donors (Lipinski definition) is 0. The SMILES string of the molecule is Cn1nc2cc(N3CCOc4cc(C(=O)N5CCCC6(C5)CC(F)(F)C6)cnc43)ccn2c1=O. The molecule has 0 unspecified atom stereocenters. The van der Waals surface area contributed by atoms with E-state index in [1.165, 1.54) is 15.3 Å². The maximum absolute atomic E-state index is 13.5. The summed E-state index contributed by atoms with van der Waals surface area (Å²) in [5.74, 6) is -1.76. The Morgan fingerprint density at radius 1 is 1.21 bits per heavy atom. The minimum absolute atomic E-state index is 0.142. The molecule has 0 aromatic carbocycles. The topological polar surface area (TPSA) is 85.0 Å². The molecule has 11 heteroatoms. The van der Waals surface area contributed by atoms with Crippen LogP contribution in [0.5, 0.6) is 5.75 Å². The lowest BCUT2D eigenvalue weighted by atomic mass is 9.62. The Bertz CT molecular complexity index is 1360. The van der Waals surface area contributed by atoms with Gasteiger partial charge in [0.2, 0.25) is 5.92 Å². The highest BCUT2D eigenvalue weighted by Crippen LogP contribution is 2.56. The van der Waals surface area contributed by atoms with Gasteiger partial charge in [-0.15, -0.1) is 0 Å². The third-order valence-corrected chi connectivity index (χ3v) is 7.09. The van der Waals surface area contributed by atoms with E-state index in [9.17, 15) is 18.4 Å². The van der Waals surface area contributed by atoms with E-state index in [0.717, 1.165) is 18.5 Å². The number of anilines is 2. The summed E-state index contributed by atoms with van der Waals surface area (Å²) in [7, 11) is 1.60. The van der Waals surface area contributed by atoms with Crippen LogP contribution in [0.3, 0.4) is 0 Å². The van der Waals surface area contributed by atoms with Gasteiger partial charge < -0.3 is 14.5 Å². The van der Waals surface area contributed by atoms with Crippen LogP contribution in [0.4, 0.5) is 20.3 Å². The fourth-order valence-electron chi connectivity index (χ4n) is 5.60. The second-order valence-electron chi connectivity index (χ2n) is 9.60. The number of carbonyl (C=O) groups excluding carboxylic acids is 1. The lowest BCUT2D eigenvalue weighted by molar-refractivity contribution is -0.176. The van der Waals surface area contributed by atoms with Crippen LogP contribution >= 0.6 is 0 Å². The first-order valence-corrected chi connectivity index (χ1v) is 11.4. The van der Waals surface area contributed by atoms with Crippen molar-refractivity contribution in [2.45, 2.75) is 31.6 Å². The Hall–Kier alpha value is -3.50. The number of ether oxygens (including phenoxy) is 1. The largest absolute Gasteiger partial charge is 0.488 e. The summed E-state index contributed by atoms with van der Waals surface area (Å²) in [5.41, 5.74) is 1.02. The molecular weight excluding hydrogens is 446 g/mol. The smallest absolute Gasteiger partial charge is 0.350 e. The molecule has 0 N–H and O–H groups in total. The fraction of sp³-hybridized carbons (Fsp3) is 0.478. The van der Waals surface area contributed by atoms with Crippen molar-refractivity contribution < 1.29 is 18.3 Å². The summed E-state index contributed by atoms with van der Waals surface area (Å²) in [6.07, 6.45) is 4.36. The van der Waals surface area contributed by atoms with Gasteiger partial charge in [0, 0.05) is 57.1 Å². The Kier molecular flexibility index (Phi) is 4.49. The van der Waals surface area contributed by atoms with Crippen molar-refractivity contribution in [2.24, 2.45) is 12.5 Å². The van der Waals surface area contributed by atoms with E-state index in [0.29, 0.717) is 49.0 Å². The highest BCUT2D eigenvalue weighted by atomic mass is 19.3. The van der Waals surface area contributed by atoms with Gasteiger partial charge in [-0.25, -0.2) is 23.2 Å². The molecule has 5 heterocycles. The number of piperidine rings is 1. The number of carbonyl (C=O) groups is 1. The molecule has 6 rings (SSSR count). The second-order valence-corrected chi connectivity index (χ2v) is 9.60. The number of halogens is 2. The van der Waals surface area contributed by atoms with Gasteiger partial charge in [0.15, 0.2) is 17.2 Å². The third-order valence-electron chi connectivity index (χ3n) is 7.09. The molecule has 1 saturated carbocycles. The molecule has 0 bridgehead atoms. The summed E-state index contributed by atoms with van der Waals surface area (Å²) >= 11 is 0. The first kappa shape index (κ1) is 21.1. The van der Waals surface area contributed by atoms with E-state index in [4.69, 9.17) is 4.74 Å². The van der Waals surface area contributed by atoms with Crippen LogP contribution < -0.4 is 15.3 Å². The van der Waals surface area contributed by atoms with Gasteiger partial charge in [-0.3, -0.25) is 9.20 Å². The summed E-state index contributed by atoms with van der Waals surface area (Å²) in [6, 6.07) is 5.30. The van der Waals surface area contributed by atoms with Crippen molar-refractivity contribution in [3.05, 3.63) is 46.6 Å². The minimum atomic E-state index is -2.61. The quantitative estimate of drug-likeness (QED) is 0.573. The van der Waals surface area contributed by atoms with Crippen LogP contribution in [0.15, 0.2) is 35.4 Å². The van der Waals surface area contributed by atoms with Crippen molar-refractivity contribution in [2.75, 3.05) is 31.1 Å². The van der Waals surface area contributed by atoms with Crippen molar-refractivity contribution in [1.82, 2.24) is 24.1 Å².